The third-order valence-electron chi connectivity index (χ3n) is 3.81. The molecule has 8 heteroatoms. The molecular weight excluding hydrogens is 396 g/mol. The second kappa shape index (κ2) is 9.75. The van der Waals surface area contributed by atoms with Crippen molar-refractivity contribution in [2.24, 2.45) is 0 Å². The van der Waals surface area contributed by atoms with Crippen LogP contribution in [0.3, 0.4) is 0 Å². The van der Waals surface area contributed by atoms with Gasteiger partial charge in [0.2, 0.25) is 5.82 Å². The number of esters is 1. The molecule has 0 amide bonds. The van der Waals surface area contributed by atoms with Gasteiger partial charge >= 0.3 is 5.97 Å². The maximum atomic E-state index is 12.0. The number of benzene rings is 2. The summed E-state index contributed by atoms with van der Waals surface area (Å²) in [5.41, 5.74) is 1.52. The number of aromatic nitrogens is 2. The second-order valence-electron chi connectivity index (χ2n) is 5.80. The van der Waals surface area contributed by atoms with Crippen LogP contribution in [0, 0.1) is 0 Å². The first-order valence-corrected chi connectivity index (χ1v) is 9.21. The Balaban J connectivity index is 1.57. The SMILES string of the molecule is CCOc1cc(/C=C/C(=O)OCc2nc(-c3ccc(Cl)cc3)no2)ccc1OC. The highest BCUT2D eigenvalue weighted by molar-refractivity contribution is 6.30. The van der Waals surface area contributed by atoms with Crippen LogP contribution < -0.4 is 9.47 Å². The number of rotatable bonds is 8. The van der Waals surface area contributed by atoms with Gasteiger partial charge in [0, 0.05) is 16.7 Å². The van der Waals surface area contributed by atoms with Crippen LogP contribution in [0.2, 0.25) is 5.02 Å². The Morgan fingerprint density at radius 2 is 1.97 bits per heavy atom. The van der Waals surface area contributed by atoms with Crippen molar-refractivity contribution in [1.29, 1.82) is 0 Å². The van der Waals surface area contributed by atoms with Crippen LogP contribution in [0.25, 0.3) is 17.5 Å². The van der Waals surface area contributed by atoms with Gasteiger partial charge in [-0.05, 0) is 55.0 Å². The van der Waals surface area contributed by atoms with Crippen LogP contribution in [0.1, 0.15) is 18.4 Å². The number of hydrogen-bond acceptors (Lipinski definition) is 7. The minimum absolute atomic E-state index is 0.128. The summed E-state index contributed by atoms with van der Waals surface area (Å²) in [5.74, 6) is 1.28. The Labute approximate surface area is 172 Å². The molecule has 0 aliphatic rings. The molecule has 2 aromatic carbocycles. The Hall–Kier alpha value is -3.32. The molecule has 0 aliphatic carbocycles. The lowest BCUT2D eigenvalue weighted by atomic mass is 10.2. The van der Waals surface area contributed by atoms with E-state index < -0.39 is 5.97 Å². The van der Waals surface area contributed by atoms with Gasteiger partial charge in [0.25, 0.3) is 5.89 Å². The fourth-order valence-electron chi connectivity index (χ4n) is 2.44. The molecule has 3 aromatic rings. The number of nitrogens with zero attached hydrogens (tertiary/aromatic N) is 2. The van der Waals surface area contributed by atoms with Gasteiger partial charge in [0.05, 0.1) is 13.7 Å². The van der Waals surface area contributed by atoms with E-state index in [1.54, 1.807) is 49.6 Å². The summed E-state index contributed by atoms with van der Waals surface area (Å²) >= 11 is 5.86. The van der Waals surface area contributed by atoms with Gasteiger partial charge in [0.1, 0.15) is 0 Å². The van der Waals surface area contributed by atoms with E-state index in [4.69, 9.17) is 30.3 Å². The molecule has 0 saturated carbocycles. The molecular formula is C21H19ClN2O5. The van der Waals surface area contributed by atoms with Crippen molar-refractivity contribution < 1.29 is 23.5 Å². The van der Waals surface area contributed by atoms with Crippen LogP contribution in [0.5, 0.6) is 11.5 Å². The molecule has 3 rings (SSSR count). The van der Waals surface area contributed by atoms with E-state index in [-0.39, 0.29) is 12.5 Å². The van der Waals surface area contributed by atoms with Gasteiger partial charge in [0.15, 0.2) is 18.1 Å². The van der Waals surface area contributed by atoms with E-state index in [1.165, 1.54) is 6.08 Å². The average molecular weight is 415 g/mol. The van der Waals surface area contributed by atoms with Gasteiger partial charge in [-0.2, -0.15) is 4.98 Å². The number of carbonyl (C=O) groups is 1. The summed E-state index contributed by atoms with van der Waals surface area (Å²) in [4.78, 5) is 16.2. The van der Waals surface area contributed by atoms with Crippen molar-refractivity contribution in [2.45, 2.75) is 13.5 Å². The minimum atomic E-state index is -0.537. The molecule has 0 atom stereocenters. The number of halogens is 1. The molecule has 1 heterocycles. The van der Waals surface area contributed by atoms with Crippen molar-refractivity contribution in [3.8, 4) is 22.9 Å². The van der Waals surface area contributed by atoms with E-state index in [0.29, 0.717) is 29.0 Å². The van der Waals surface area contributed by atoms with Crippen molar-refractivity contribution in [3.63, 3.8) is 0 Å². The average Bonchev–Trinajstić information content (AvgIpc) is 3.21. The van der Waals surface area contributed by atoms with Gasteiger partial charge in [-0.1, -0.05) is 22.8 Å². The highest BCUT2D eigenvalue weighted by Gasteiger charge is 2.10. The predicted octanol–water partition coefficient (Wildman–Crippen LogP) is 4.55. The first kappa shape index (κ1) is 20.4. The molecule has 0 unspecified atom stereocenters. The van der Waals surface area contributed by atoms with Gasteiger partial charge in [-0.15, -0.1) is 0 Å². The standard InChI is InChI=1S/C21H19ClN2O5/c1-3-27-18-12-14(4-10-17(18)26-2)5-11-20(25)28-13-19-23-21(24-29-19)15-6-8-16(22)9-7-15/h4-12H,3,13H2,1-2H3/b11-5+. The molecule has 29 heavy (non-hydrogen) atoms. The maximum absolute atomic E-state index is 12.0. The predicted molar refractivity (Wildman–Crippen MR) is 108 cm³/mol. The number of methoxy groups -OCH3 is 1. The highest BCUT2D eigenvalue weighted by Crippen LogP contribution is 2.28. The summed E-state index contributed by atoms with van der Waals surface area (Å²) in [6.07, 6.45) is 2.94. The fraction of sp³-hybridized carbons (Fsp3) is 0.190. The van der Waals surface area contributed by atoms with Gasteiger partial charge in [-0.3, -0.25) is 0 Å². The Bertz CT molecular complexity index is 999. The highest BCUT2D eigenvalue weighted by atomic mass is 35.5. The van der Waals surface area contributed by atoms with Crippen molar-refractivity contribution >= 4 is 23.6 Å². The molecule has 7 nitrogen and oxygen atoms in total. The normalized spacial score (nSPS) is 10.9. The molecule has 0 spiro atoms. The third-order valence-corrected chi connectivity index (χ3v) is 4.06. The molecule has 0 aliphatic heterocycles. The molecule has 150 valence electrons. The maximum Gasteiger partial charge on any atom is 0.331 e. The number of carbonyl (C=O) groups excluding carboxylic acids is 1. The fourth-order valence-corrected chi connectivity index (χ4v) is 2.57. The number of hydrogen-bond donors (Lipinski definition) is 0. The first-order chi connectivity index (χ1) is 14.1. The zero-order valence-electron chi connectivity index (χ0n) is 15.9. The lowest BCUT2D eigenvalue weighted by Gasteiger charge is -2.09. The molecule has 0 saturated heterocycles. The van der Waals surface area contributed by atoms with E-state index in [9.17, 15) is 4.79 Å². The van der Waals surface area contributed by atoms with E-state index in [1.807, 2.05) is 13.0 Å². The Morgan fingerprint density at radius 3 is 2.69 bits per heavy atom. The monoisotopic (exact) mass is 414 g/mol. The Morgan fingerprint density at radius 1 is 1.17 bits per heavy atom. The summed E-state index contributed by atoms with van der Waals surface area (Å²) < 4.78 is 21.0. The third kappa shape index (κ3) is 5.58. The first-order valence-electron chi connectivity index (χ1n) is 8.83. The molecule has 1 aromatic heterocycles. The van der Waals surface area contributed by atoms with Crippen LogP contribution in [0.15, 0.2) is 53.1 Å². The quantitative estimate of drug-likeness (QED) is 0.394. The smallest absolute Gasteiger partial charge is 0.331 e. The summed E-state index contributed by atoms with van der Waals surface area (Å²) in [5, 5.41) is 4.48. The van der Waals surface area contributed by atoms with Gasteiger partial charge in [-0.25, -0.2) is 4.79 Å². The minimum Gasteiger partial charge on any atom is -0.493 e. The van der Waals surface area contributed by atoms with E-state index in [0.717, 1.165) is 11.1 Å². The van der Waals surface area contributed by atoms with E-state index in [2.05, 4.69) is 10.1 Å². The molecule has 0 radical (unpaired) electrons. The summed E-state index contributed by atoms with van der Waals surface area (Å²) in [6, 6.07) is 12.4. The summed E-state index contributed by atoms with van der Waals surface area (Å²) in [7, 11) is 1.57. The van der Waals surface area contributed by atoms with Crippen LogP contribution in [0.4, 0.5) is 0 Å². The zero-order chi connectivity index (χ0) is 20.6. The second-order valence-corrected chi connectivity index (χ2v) is 6.24. The Kier molecular flexibility index (Phi) is 6.86. The molecule has 0 bridgehead atoms. The van der Waals surface area contributed by atoms with Crippen molar-refractivity contribution in [3.05, 3.63) is 65.0 Å². The largest absolute Gasteiger partial charge is 0.493 e. The van der Waals surface area contributed by atoms with E-state index >= 15 is 0 Å². The lowest BCUT2D eigenvalue weighted by Crippen LogP contribution is -2.01. The number of ether oxygens (including phenoxy) is 3. The zero-order valence-corrected chi connectivity index (χ0v) is 16.7. The lowest BCUT2D eigenvalue weighted by molar-refractivity contribution is -0.139. The van der Waals surface area contributed by atoms with Crippen molar-refractivity contribution in [2.75, 3.05) is 13.7 Å². The molecule has 0 N–H and O–H groups in total. The van der Waals surface area contributed by atoms with Crippen LogP contribution in [-0.4, -0.2) is 29.8 Å². The molecule has 0 fully saturated rings. The topological polar surface area (TPSA) is 83.7 Å². The van der Waals surface area contributed by atoms with Crippen molar-refractivity contribution in [1.82, 2.24) is 10.1 Å². The van der Waals surface area contributed by atoms with Crippen LogP contribution in [-0.2, 0) is 16.1 Å². The van der Waals surface area contributed by atoms with Gasteiger partial charge < -0.3 is 18.7 Å². The van der Waals surface area contributed by atoms with Crippen LogP contribution >= 0.6 is 11.6 Å². The summed E-state index contributed by atoms with van der Waals surface area (Å²) in [6.45, 7) is 2.26.